The van der Waals surface area contributed by atoms with Crippen LogP contribution in [0.3, 0.4) is 0 Å². The predicted octanol–water partition coefficient (Wildman–Crippen LogP) is 3.55. The molecule has 0 spiro atoms. The van der Waals surface area contributed by atoms with E-state index >= 15 is 0 Å². The molecule has 128 valence electrons. The van der Waals surface area contributed by atoms with E-state index in [0.29, 0.717) is 17.3 Å². The van der Waals surface area contributed by atoms with Crippen LogP contribution in [0.25, 0.3) is 10.9 Å². The number of carbonyl (C=O) groups is 1. The highest BCUT2D eigenvalue weighted by atomic mass is 16.5. The van der Waals surface area contributed by atoms with Crippen LogP contribution in [0.5, 0.6) is 0 Å². The van der Waals surface area contributed by atoms with Gasteiger partial charge in [-0.1, -0.05) is 24.6 Å². The molecule has 0 unspecified atom stereocenters. The first-order valence-electron chi connectivity index (χ1n) is 8.59. The van der Waals surface area contributed by atoms with Gasteiger partial charge in [0.1, 0.15) is 0 Å². The topological polar surface area (TPSA) is 78.1 Å². The van der Waals surface area contributed by atoms with Crippen molar-refractivity contribution in [1.82, 2.24) is 15.2 Å². The number of benzene rings is 1. The van der Waals surface area contributed by atoms with Gasteiger partial charge in [0.2, 0.25) is 5.89 Å². The number of carbonyl (C=O) groups excluding carboxylic acids is 1. The second kappa shape index (κ2) is 6.63. The van der Waals surface area contributed by atoms with Crippen molar-refractivity contribution < 1.29 is 13.9 Å². The van der Waals surface area contributed by atoms with Crippen LogP contribution >= 0.6 is 0 Å². The van der Waals surface area contributed by atoms with Gasteiger partial charge in [0.05, 0.1) is 11.1 Å². The zero-order chi connectivity index (χ0) is 17.2. The summed E-state index contributed by atoms with van der Waals surface area (Å²) in [6.07, 6.45) is 5.09. The van der Waals surface area contributed by atoms with Crippen molar-refractivity contribution >= 4 is 16.9 Å². The Labute approximate surface area is 145 Å². The molecular formula is C19H19N3O3. The van der Waals surface area contributed by atoms with Gasteiger partial charge in [-0.25, -0.2) is 4.79 Å². The molecule has 0 bridgehead atoms. The molecule has 0 N–H and O–H groups in total. The first-order chi connectivity index (χ1) is 12.2. The molecule has 0 aliphatic heterocycles. The highest BCUT2D eigenvalue weighted by Gasteiger charge is 2.23. The molecule has 1 aromatic carbocycles. The SMILES string of the molecule is Cc1nnc(COC(=O)c2c3c(nc4ccccc24)CCCCC3)o1. The zero-order valence-electron chi connectivity index (χ0n) is 14.1. The molecule has 0 saturated heterocycles. The molecule has 6 heteroatoms. The van der Waals surface area contributed by atoms with E-state index in [9.17, 15) is 4.79 Å². The largest absolute Gasteiger partial charge is 0.452 e. The van der Waals surface area contributed by atoms with Gasteiger partial charge >= 0.3 is 5.97 Å². The first-order valence-corrected chi connectivity index (χ1v) is 8.59. The average Bonchev–Trinajstić information content (AvgIpc) is 2.90. The fourth-order valence-corrected chi connectivity index (χ4v) is 3.38. The van der Waals surface area contributed by atoms with E-state index in [2.05, 4.69) is 10.2 Å². The van der Waals surface area contributed by atoms with Crippen LogP contribution in [0.15, 0.2) is 28.7 Å². The lowest BCUT2D eigenvalue weighted by atomic mass is 9.97. The molecule has 25 heavy (non-hydrogen) atoms. The Hall–Kier alpha value is -2.76. The van der Waals surface area contributed by atoms with Gasteiger partial charge in [-0.05, 0) is 37.3 Å². The molecule has 1 aliphatic carbocycles. The lowest BCUT2D eigenvalue weighted by Crippen LogP contribution is -2.12. The number of pyridine rings is 1. The summed E-state index contributed by atoms with van der Waals surface area (Å²) in [5.74, 6) is 0.400. The molecule has 0 atom stereocenters. The third-order valence-corrected chi connectivity index (χ3v) is 4.52. The van der Waals surface area contributed by atoms with E-state index in [1.807, 2.05) is 24.3 Å². The van der Waals surface area contributed by atoms with Crippen LogP contribution in [0.1, 0.15) is 52.7 Å². The van der Waals surface area contributed by atoms with E-state index in [1.54, 1.807) is 6.92 Å². The van der Waals surface area contributed by atoms with Crippen molar-refractivity contribution in [2.24, 2.45) is 0 Å². The Kier molecular flexibility index (Phi) is 4.17. The smallest absolute Gasteiger partial charge is 0.339 e. The van der Waals surface area contributed by atoms with Gasteiger partial charge in [-0.3, -0.25) is 4.98 Å². The average molecular weight is 337 g/mol. The van der Waals surface area contributed by atoms with E-state index in [4.69, 9.17) is 14.1 Å². The molecule has 0 radical (unpaired) electrons. The number of hydrogen-bond acceptors (Lipinski definition) is 6. The van der Waals surface area contributed by atoms with Gasteiger partial charge in [-0.2, -0.15) is 0 Å². The summed E-state index contributed by atoms with van der Waals surface area (Å²) in [5.41, 5.74) is 3.53. The van der Waals surface area contributed by atoms with E-state index < -0.39 is 0 Å². The van der Waals surface area contributed by atoms with Gasteiger partial charge in [0.25, 0.3) is 5.89 Å². The molecule has 6 nitrogen and oxygen atoms in total. The monoisotopic (exact) mass is 337 g/mol. The van der Waals surface area contributed by atoms with Crippen LogP contribution in [-0.4, -0.2) is 21.2 Å². The summed E-state index contributed by atoms with van der Waals surface area (Å²) in [7, 11) is 0. The van der Waals surface area contributed by atoms with Crippen LogP contribution in [0.4, 0.5) is 0 Å². The zero-order valence-corrected chi connectivity index (χ0v) is 14.1. The van der Waals surface area contributed by atoms with Crippen molar-refractivity contribution in [3.05, 3.63) is 52.9 Å². The van der Waals surface area contributed by atoms with Crippen molar-refractivity contribution in [2.45, 2.75) is 45.6 Å². The lowest BCUT2D eigenvalue weighted by Gasteiger charge is -2.14. The quantitative estimate of drug-likeness (QED) is 0.537. The second-order valence-electron chi connectivity index (χ2n) is 6.28. The van der Waals surface area contributed by atoms with Gasteiger partial charge in [0.15, 0.2) is 6.61 Å². The van der Waals surface area contributed by atoms with E-state index in [-0.39, 0.29) is 12.6 Å². The normalized spacial score (nSPS) is 14.1. The molecular weight excluding hydrogens is 318 g/mol. The van der Waals surface area contributed by atoms with Crippen LogP contribution < -0.4 is 0 Å². The number of aryl methyl sites for hydroxylation is 2. The van der Waals surface area contributed by atoms with Gasteiger partial charge < -0.3 is 9.15 Å². The van der Waals surface area contributed by atoms with Crippen molar-refractivity contribution in [2.75, 3.05) is 0 Å². The summed E-state index contributed by atoms with van der Waals surface area (Å²) in [5, 5.41) is 8.46. The lowest BCUT2D eigenvalue weighted by molar-refractivity contribution is 0.0437. The van der Waals surface area contributed by atoms with Crippen LogP contribution in [0.2, 0.25) is 0 Å². The number of esters is 1. The van der Waals surface area contributed by atoms with E-state index in [0.717, 1.165) is 54.3 Å². The summed E-state index contributed by atoms with van der Waals surface area (Å²) in [6, 6.07) is 7.74. The Morgan fingerprint density at radius 3 is 2.84 bits per heavy atom. The number of ether oxygens (including phenoxy) is 1. The Morgan fingerprint density at radius 1 is 1.16 bits per heavy atom. The van der Waals surface area contributed by atoms with Gasteiger partial charge in [0, 0.05) is 18.0 Å². The minimum atomic E-state index is -0.354. The van der Waals surface area contributed by atoms with E-state index in [1.165, 1.54) is 0 Å². The Morgan fingerprint density at radius 2 is 2.00 bits per heavy atom. The third kappa shape index (κ3) is 3.12. The van der Waals surface area contributed by atoms with Crippen LogP contribution in [0, 0.1) is 6.92 Å². The fraction of sp³-hybridized carbons (Fsp3) is 0.368. The number of nitrogens with zero attached hydrogens (tertiary/aromatic N) is 3. The summed E-state index contributed by atoms with van der Waals surface area (Å²) < 4.78 is 10.8. The predicted molar refractivity (Wildman–Crippen MR) is 91.2 cm³/mol. The number of aromatic nitrogens is 3. The number of para-hydroxylation sites is 1. The minimum Gasteiger partial charge on any atom is -0.452 e. The molecule has 4 rings (SSSR count). The maximum Gasteiger partial charge on any atom is 0.339 e. The number of rotatable bonds is 3. The van der Waals surface area contributed by atoms with Crippen molar-refractivity contribution in [3.63, 3.8) is 0 Å². The molecule has 2 aromatic heterocycles. The fourth-order valence-electron chi connectivity index (χ4n) is 3.38. The minimum absolute atomic E-state index is 0.0227. The molecule has 0 fully saturated rings. The summed E-state index contributed by atoms with van der Waals surface area (Å²) in [6.45, 7) is 1.68. The molecule has 0 saturated carbocycles. The highest BCUT2D eigenvalue weighted by Crippen LogP contribution is 2.29. The Bertz CT molecular complexity index is 933. The Balaban J connectivity index is 1.73. The summed E-state index contributed by atoms with van der Waals surface area (Å²) >= 11 is 0. The van der Waals surface area contributed by atoms with Crippen LogP contribution in [-0.2, 0) is 24.2 Å². The molecule has 0 amide bonds. The summed E-state index contributed by atoms with van der Waals surface area (Å²) in [4.78, 5) is 17.7. The third-order valence-electron chi connectivity index (χ3n) is 4.52. The van der Waals surface area contributed by atoms with Gasteiger partial charge in [-0.15, -0.1) is 10.2 Å². The standard InChI is InChI=1S/C19H19N3O3/c1-12-21-22-17(25-12)11-24-19(23)18-13-7-3-2-4-9-15(13)20-16-10-6-5-8-14(16)18/h5-6,8,10H,2-4,7,9,11H2,1H3. The second-order valence-corrected chi connectivity index (χ2v) is 6.28. The molecule has 1 aliphatic rings. The number of fused-ring (bicyclic) bond motifs is 2. The maximum absolute atomic E-state index is 12.9. The maximum atomic E-state index is 12.9. The van der Waals surface area contributed by atoms with Crippen molar-refractivity contribution in [3.8, 4) is 0 Å². The van der Waals surface area contributed by atoms with Crippen molar-refractivity contribution in [1.29, 1.82) is 0 Å². The number of hydrogen-bond donors (Lipinski definition) is 0. The highest BCUT2D eigenvalue weighted by molar-refractivity contribution is 6.05. The first kappa shape index (κ1) is 15.7. The molecule has 2 heterocycles. The molecule has 3 aromatic rings.